The van der Waals surface area contributed by atoms with Crippen LogP contribution in [0.2, 0.25) is 0 Å². The third-order valence-electron chi connectivity index (χ3n) is 16.2. The van der Waals surface area contributed by atoms with Gasteiger partial charge in [-0.15, -0.1) is 0 Å². The van der Waals surface area contributed by atoms with Crippen molar-refractivity contribution in [2.45, 2.75) is 66.9 Å². The predicted molar refractivity (Wildman–Crippen MR) is 385 cm³/mol. The third-order valence-corrected chi connectivity index (χ3v) is 20.5. The molecular formula is C75H67N11O8S4. The quantitative estimate of drug-likeness (QED) is 0.0343. The first kappa shape index (κ1) is 67.2. The van der Waals surface area contributed by atoms with Crippen molar-refractivity contribution in [2.75, 3.05) is 79.0 Å². The van der Waals surface area contributed by atoms with Gasteiger partial charge in [-0.25, -0.2) is 29.9 Å². The molecule has 4 aromatic heterocycles. The molecule has 0 saturated carbocycles. The van der Waals surface area contributed by atoms with E-state index in [-0.39, 0.29) is 11.8 Å². The molecule has 0 fully saturated rings. The number of benzene rings is 7. The van der Waals surface area contributed by atoms with Crippen molar-refractivity contribution in [3.63, 3.8) is 0 Å². The van der Waals surface area contributed by atoms with Crippen molar-refractivity contribution in [3.05, 3.63) is 186 Å². The van der Waals surface area contributed by atoms with E-state index in [0.717, 1.165) is 84.4 Å². The molecule has 494 valence electrons. The minimum Gasteiger partial charge on any atom is -0.380 e. The second kappa shape index (κ2) is 31.4. The van der Waals surface area contributed by atoms with Gasteiger partial charge in [-0.05, 0) is 119 Å². The zero-order chi connectivity index (χ0) is 67.5. The maximum Gasteiger partial charge on any atom is 0.254 e. The molecule has 0 spiro atoms. The molecule has 8 bridgehead atoms. The molecule has 7 aromatic carbocycles. The lowest BCUT2D eigenvalue weighted by molar-refractivity contribution is 0.0547. The number of rotatable bonds is 28. The van der Waals surface area contributed by atoms with Crippen molar-refractivity contribution in [3.8, 4) is 45.6 Å². The summed E-state index contributed by atoms with van der Waals surface area (Å²) in [6, 6.07) is 48.1. The number of aromatic amines is 2. The number of aromatic nitrogens is 9. The van der Waals surface area contributed by atoms with Gasteiger partial charge in [0.2, 0.25) is 0 Å². The minimum absolute atomic E-state index is 0.112. The van der Waals surface area contributed by atoms with Crippen molar-refractivity contribution >= 4 is 116 Å². The van der Waals surface area contributed by atoms with Crippen molar-refractivity contribution in [1.29, 1.82) is 0 Å². The molecule has 13 rings (SSSR count). The van der Waals surface area contributed by atoms with E-state index < -0.39 is 0 Å². The number of nitrogens with zero attached hydrogens (tertiary/aromatic N) is 9. The van der Waals surface area contributed by atoms with Gasteiger partial charge >= 0.3 is 0 Å². The lowest BCUT2D eigenvalue weighted by Crippen LogP contribution is -2.36. The first-order chi connectivity index (χ1) is 48.1. The fourth-order valence-corrected chi connectivity index (χ4v) is 15.3. The summed E-state index contributed by atoms with van der Waals surface area (Å²) in [4.78, 5) is 107. The van der Waals surface area contributed by atoms with E-state index >= 15 is 0 Å². The van der Waals surface area contributed by atoms with Crippen LogP contribution in [0.1, 0.15) is 69.1 Å². The molecule has 23 heteroatoms. The molecule has 0 unspecified atom stereocenters. The zero-order valence-corrected chi connectivity index (χ0v) is 57.4. The van der Waals surface area contributed by atoms with Gasteiger partial charge in [-0.1, -0.05) is 108 Å². The number of hydrogen-bond donors (Lipinski definition) is 2. The SMILES string of the molecule is CCOCCN(CCOCC)C(=O)c1ccc(Sc2cccc3c2-c2nc-3nc3[nH]c(nc4nc(nc5[nH]c(n2)c2cccc(Sc6ccc(C(=O)N(CCOCC)CCOCC)cc6)c52)-c2cncc(Sc5ccc(C=O)cc5)c2-4)c2cccc(Sc4ccc(C=O)cc4)c32)cc1. The van der Waals surface area contributed by atoms with E-state index in [1.807, 2.05) is 155 Å². The van der Waals surface area contributed by atoms with Crippen LogP contribution in [0.25, 0.3) is 89.7 Å². The number of aldehydes is 2. The van der Waals surface area contributed by atoms with Crippen LogP contribution in [0, 0.1) is 0 Å². The Morgan fingerprint density at radius 3 is 1.19 bits per heavy atom. The van der Waals surface area contributed by atoms with E-state index in [1.165, 1.54) is 47.0 Å². The van der Waals surface area contributed by atoms with Gasteiger partial charge in [0.15, 0.2) is 23.3 Å². The molecular weight excluding hydrogens is 1310 g/mol. The molecule has 2 aliphatic rings. The minimum atomic E-state index is -0.114. The summed E-state index contributed by atoms with van der Waals surface area (Å²) in [7, 11) is 0. The average molecular weight is 1380 g/mol. The number of ether oxygens (including phenoxy) is 4. The highest BCUT2D eigenvalue weighted by Gasteiger charge is 2.28. The Labute approximate surface area is 582 Å². The van der Waals surface area contributed by atoms with Gasteiger partial charge in [0.25, 0.3) is 11.8 Å². The summed E-state index contributed by atoms with van der Waals surface area (Å²) >= 11 is 6.05. The summed E-state index contributed by atoms with van der Waals surface area (Å²) in [6.07, 6.45) is 5.19. The van der Waals surface area contributed by atoms with Crippen LogP contribution in [0.4, 0.5) is 0 Å². The first-order valence-electron chi connectivity index (χ1n) is 32.2. The van der Waals surface area contributed by atoms with Crippen LogP contribution in [0.5, 0.6) is 0 Å². The Morgan fingerprint density at radius 1 is 0.398 bits per heavy atom. The van der Waals surface area contributed by atoms with E-state index in [1.54, 1.807) is 46.5 Å². The molecule has 2 amide bonds. The smallest absolute Gasteiger partial charge is 0.254 e. The van der Waals surface area contributed by atoms with Crippen LogP contribution in [-0.4, -0.2) is 158 Å². The van der Waals surface area contributed by atoms with Gasteiger partial charge in [0.1, 0.15) is 35.2 Å². The van der Waals surface area contributed by atoms with Crippen LogP contribution in [0.3, 0.4) is 0 Å². The van der Waals surface area contributed by atoms with Crippen molar-refractivity contribution in [2.24, 2.45) is 0 Å². The Balaban J connectivity index is 1.00. The molecule has 0 atom stereocenters. The standard InChI is InChI=1S/C75H67N11O8S4/c1-5-91-38-34-85(35-39-92-6-2)74(89)48-22-30-52(31-23-48)96-59-16-10-12-54-63(59)71-78-66(54)77-70-62-55(13-9-15-58(62)95-50-26-18-46(44-87)19-27-50)68(80-70)82-73-65-57(42-76-43-61(65)98-51-28-20-47(45-88)21-29-51)69(84-73)83-72-64-56(67(79-71)81-72)14-11-17-60(64)97-53-32-24-49(25-33-53)75(90)86(36-40-93-7-3)37-41-94-8-4/h9-33,42-45H,5-8,34-41H2,1-4H3,(H2,77,78,79,80,81,82,83,84). The summed E-state index contributed by atoms with van der Waals surface area (Å²) in [6.45, 7) is 13.3. The molecule has 6 heterocycles. The molecule has 2 N–H and O–H groups in total. The number of hydrogen-bond acceptors (Lipinski definition) is 19. The highest BCUT2D eigenvalue weighted by Crippen LogP contribution is 2.47. The Kier molecular flexibility index (Phi) is 21.5. The lowest BCUT2D eigenvalue weighted by Gasteiger charge is -2.22. The normalized spacial score (nSPS) is 11.6. The summed E-state index contributed by atoms with van der Waals surface area (Å²) in [5.74, 6) is 1.28. The Morgan fingerprint density at radius 2 is 0.765 bits per heavy atom. The second-order valence-electron chi connectivity index (χ2n) is 22.4. The third kappa shape index (κ3) is 14.9. The fraction of sp³-hybridized carbons (Fsp3) is 0.213. The monoisotopic (exact) mass is 1380 g/mol. The lowest BCUT2D eigenvalue weighted by atomic mass is 10.1. The van der Waals surface area contributed by atoms with E-state index in [0.29, 0.717) is 158 Å². The number of nitrogens with one attached hydrogen (secondary N) is 2. The number of H-pyrrole nitrogens is 2. The molecule has 19 nitrogen and oxygen atoms in total. The fourth-order valence-electron chi connectivity index (χ4n) is 11.4. The Hall–Kier alpha value is -9.43. The van der Waals surface area contributed by atoms with E-state index in [9.17, 15) is 19.2 Å². The maximum atomic E-state index is 14.1. The number of amides is 2. The van der Waals surface area contributed by atoms with E-state index in [2.05, 4.69) is 9.97 Å². The number of carbonyl (C=O) groups excluding carboxylic acids is 4. The topological polar surface area (TPSA) is 233 Å². The highest BCUT2D eigenvalue weighted by atomic mass is 32.2. The maximum absolute atomic E-state index is 14.1. The largest absolute Gasteiger partial charge is 0.380 e. The predicted octanol–water partition coefficient (Wildman–Crippen LogP) is 15.5. The van der Waals surface area contributed by atoms with Gasteiger partial charge in [0.05, 0.1) is 26.4 Å². The molecule has 2 aliphatic heterocycles. The van der Waals surface area contributed by atoms with Crippen LogP contribution in [-0.2, 0) is 18.9 Å². The summed E-state index contributed by atoms with van der Waals surface area (Å²) in [5, 5.41) is 3.04. The first-order valence-corrected chi connectivity index (χ1v) is 35.5. The van der Waals surface area contributed by atoms with Gasteiger partial charge in [0, 0.05) is 170 Å². The molecule has 98 heavy (non-hydrogen) atoms. The average Bonchev–Trinajstić information content (AvgIpc) is 1.59. The molecule has 0 aliphatic carbocycles. The van der Waals surface area contributed by atoms with E-state index in [4.69, 9.17) is 53.8 Å². The summed E-state index contributed by atoms with van der Waals surface area (Å²) < 4.78 is 22.6. The van der Waals surface area contributed by atoms with Crippen LogP contribution in [0.15, 0.2) is 203 Å². The van der Waals surface area contributed by atoms with Crippen molar-refractivity contribution in [1.82, 2.24) is 54.7 Å². The highest BCUT2D eigenvalue weighted by molar-refractivity contribution is 8.00. The molecule has 0 radical (unpaired) electrons. The molecule has 11 aromatic rings. The molecule has 0 saturated heterocycles. The van der Waals surface area contributed by atoms with Gasteiger partial charge < -0.3 is 38.7 Å². The number of carbonyl (C=O) groups is 4. The van der Waals surface area contributed by atoms with Gasteiger partial charge in [-0.3, -0.25) is 24.2 Å². The van der Waals surface area contributed by atoms with Gasteiger partial charge in [-0.2, -0.15) is 0 Å². The van der Waals surface area contributed by atoms with Crippen molar-refractivity contribution < 1.29 is 38.1 Å². The van der Waals surface area contributed by atoms with Crippen LogP contribution < -0.4 is 0 Å². The summed E-state index contributed by atoms with van der Waals surface area (Å²) in [5.41, 5.74) is 6.91. The Bertz CT molecular complexity index is 4920. The van der Waals surface area contributed by atoms with Crippen LogP contribution >= 0.6 is 47.0 Å². The zero-order valence-electron chi connectivity index (χ0n) is 54.2. The number of pyridine rings is 1. The second-order valence-corrected chi connectivity index (χ2v) is 26.9. The number of fused-ring (bicyclic) bond motifs is 20.